The number of piperazine rings is 1. The molecule has 15 heteroatoms. The molecule has 1 saturated carbocycles. The predicted octanol–water partition coefficient (Wildman–Crippen LogP) is 7.16. The Balaban J connectivity index is 0.602. The summed E-state index contributed by atoms with van der Waals surface area (Å²) in [6.07, 6.45) is 10.5. The van der Waals surface area contributed by atoms with Crippen LogP contribution in [0.25, 0.3) is 44.1 Å². The first-order chi connectivity index (χ1) is 34.1. The van der Waals surface area contributed by atoms with Gasteiger partial charge in [0.2, 0.25) is 11.8 Å². The van der Waals surface area contributed by atoms with E-state index in [0.29, 0.717) is 18.3 Å². The Kier molecular flexibility index (Phi) is 11.8. The third-order valence-electron chi connectivity index (χ3n) is 16.5. The molecule has 1 unspecified atom stereocenters. The van der Waals surface area contributed by atoms with Crippen molar-refractivity contribution in [3.63, 3.8) is 0 Å². The van der Waals surface area contributed by atoms with Crippen molar-refractivity contribution in [3.8, 4) is 11.1 Å². The van der Waals surface area contributed by atoms with Gasteiger partial charge in [-0.25, -0.2) is 9.78 Å². The summed E-state index contributed by atoms with van der Waals surface area (Å²) in [7, 11) is 2.14. The van der Waals surface area contributed by atoms with Gasteiger partial charge in [-0.2, -0.15) is 5.10 Å². The maximum atomic E-state index is 13.7. The quantitative estimate of drug-likeness (QED) is 0.129. The summed E-state index contributed by atoms with van der Waals surface area (Å²) in [5.74, 6) is 0.542. The molecule has 4 aliphatic heterocycles. The van der Waals surface area contributed by atoms with E-state index < -0.39 is 11.9 Å². The molecular weight excluding hydrogens is 879 g/mol. The molecule has 3 aromatic carbocycles. The van der Waals surface area contributed by atoms with Gasteiger partial charge in [0.25, 0.3) is 5.91 Å². The number of fused-ring (bicyclic) bond motifs is 3. The second kappa shape index (κ2) is 18.4. The number of amides is 3. The Labute approximate surface area is 407 Å². The fraction of sp³-hybridized carbons (Fsp3) is 0.455. The topological polar surface area (TPSA) is 150 Å². The van der Waals surface area contributed by atoms with Crippen molar-refractivity contribution in [2.45, 2.75) is 88.9 Å². The van der Waals surface area contributed by atoms with E-state index >= 15 is 0 Å². The van der Waals surface area contributed by atoms with Gasteiger partial charge in [-0.1, -0.05) is 24.3 Å². The molecule has 1 aliphatic carbocycles. The Morgan fingerprint density at radius 3 is 2.30 bits per heavy atom. The number of hydrogen-bond acceptors (Lipinski definition) is 9. The van der Waals surface area contributed by atoms with E-state index in [1.54, 1.807) is 4.57 Å². The van der Waals surface area contributed by atoms with E-state index in [1.807, 2.05) is 23.0 Å². The summed E-state index contributed by atoms with van der Waals surface area (Å²) in [6.45, 7) is 11.8. The Morgan fingerprint density at radius 2 is 1.54 bits per heavy atom. The molecule has 7 aromatic rings. The summed E-state index contributed by atoms with van der Waals surface area (Å²) in [6, 6.07) is 25.4. The zero-order valence-electron chi connectivity index (χ0n) is 40.4. The Morgan fingerprint density at radius 1 is 0.771 bits per heavy atom. The normalized spacial score (nSPS) is 21.1. The van der Waals surface area contributed by atoms with E-state index in [4.69, 9.17) is 4.98 Å². The average molecular weight is 942 g/mol. The van der Waals surface area contributed by atoms with Crippen molar-refractivity contribution in [2.24, 2.45) is 13.0 Å². The highest BCUT2D eigenvalue weighted by atomic mass is 16.2. The molecule has 0 radical (unpaired) electrons. The number of aromatic nitrogens is 6. The Hall–Kier alpha value is -6.42. The van der Waals surface area contributed by atoms with Crippen LogP contribution in [0.4, 0.5) is 0 Å². The van der Waals surface area contributed by atoms with Crippen molar-refractivity contribution in [1.82, 2.24) is 53.8 Å². The first-order valence-electron chi connectivity index (χ1n) is 25.7. The molecule has 4 aromatic heterocycles. The number of imidazole rings is 1. The Bertz CT molecular complexity index is 3170. The third-order valence-corrected chi connectivity index (χ3v) is 16.5. The number of aryl methyl sites for hydroxylation is 1. The summed E-state index contributed by atoms with van der Waals surface area (Å²) < 4.78 is 5.77. The molecule has 8 heterocycles. The van der Waals surface area contributed by atoms with Crippen LogP contribution in [-0.4, -0.2) is 125 Å². The number of likely N-dealkylation sites (tertiary alicyclic amines) is 2. The van der Waals surface area contributed by atoms with Crippen LogP contribution >= 0.6 is 0 Å². The molecular formula is C55H63N11O4. The number of carbonyl (C=O) groups is 3. The monoisotopic (exact) mass is 942 g/mol. The maximum Gasteiger partial charge on any atom is 0.330 e. The van der Waals surface area contributed by atoms with Crippen LogP contribution in [-0.2, 0) is 23.2 Å². The molecule has 0 bridgehead atoms. The number of rotatable bonds is 11. The molecule has 362 valence electrons. The average Bonchev–Trinajstić information content (AvgIpc) is 3.89. The number of imide groups is 1. The molecule has 5 aliphatic rings. The number of hydrogen-bond donors (Lipinski definition) is 2. The SMILES string of the molecule is C[C@@H](c1cc2c(-c3ccc4[nH]ncc4c3)ccnc2n1C)N1CCC(c2ccc(C(=O)N3CCC(CN4CCN(Cc5ccc6c(c5)n(C5CC5)c(=O)n6C5CCC(=O)NC5=O)CC4)CC3)cc2)CC1. The van der Waals surface area contributed by atoms with Gasteiger partial charge in [0, 0.05) is 106 Å². The number of benzene rings is 3. The van der Waals surface area contributed by atoms with Gasteiger partial charge in [0.1, 0.15) is 11.7 Å². The highest BCUT2D eigenvalue weighted by molar-refractivity contribution is 6.00. The van der Waals surface area contributed by atoms with Gasteiger partial charge in [-0.15, -0.1) is 0 Å². The number of aromatic amines is 1. The van der Waals surface area contributed by atoms with Crippen molar-refractivity contribution >= 4 is 50.7 Å². The largest absolute Gasteiger partial charge is 0.339 e. The molecule has 70 heavy (non-hydrogen) atoms. The molecule has 2 atom stereocenters. The maximum absolute atomic E-state index is 13.7. The lowest BCUT2D eigenvalue weighted by Crippen LogP contribution is -2.48. The van der Waals surface area contributed by atoms with E-state index in [9.17, 15) is 19.2 Å². The fourth-order valence-corrected chi connectivity index (χ4v) is 12.3. The van der Waals surface area contributed by atoms with Crippen molar-refractivity contribution < 1.29 is 14.4 Å². The molecule has 3 amide bonds. The van der Waals surface area contributed by atoms with Crippen LogP contribution in [0, 0.1) is 5.92 Å². The fourth-order valence-electron chi connectivity index (χ4n) is 12.3. The van der Waals surface area contributed by atoms with Gasteiger partial charge in [-0.3, -0.25) is 43.7 Å². The van der Waals surface area contributed by atoms with Gasteiger partial charge < -0.3 is 14.4 Å². The highest BCUT2D eigenvalue weighted by Crippen LogP contribution is 2.39. The lowest BCUT2D eigenvalue weighted by molar-refractivity contribution is -0.135. The first kappa shape index (κ1) is 44.8. The van der Waals surface area contributed by atoms with Crippen LogP contribution in [0.3, 0.4) is 0 Å². The molecule has 0 spiro atoms. The lowest BCUT2D eigenvalue weighted by atomic mass is 9.88. The van der Waals surface area contributed by atoms with Crippen LogP contribution < -0.4 is 11.0 Å². The van der Waals surface area contributed by atoms with Crippen LogP contribution in [0.5, 0.6) is 0 Å². The smallest absolute Gasteiger partial charge is 0.330 e. The second-order valence-corrected chi connectivity index (χ2v) is 20.9. The van der Waals surface area contributed by atoms with Gasteiger partial charge in [0.15, 0.2) is 0 Å². The van der Waals surface area contributed by atoms with Gasteiger partial charge in [-0.05, 0) is 148 Å². The van der Waals surface area contributed by atoms with Crippen LogP contribution in [0.1, 0.15) is 110 Å². The minimum Gasteiger partial charge on any atom is -0.339 e. The summed E-state index contributed by atoms with van der Waals surface area (Å²) in [4.78, 5) is 66.7. The summed E-state index contributed by atoms with van der Waals surface area (Å²) in [5, 5.41) is 12.0. The van der Waals surface area contributed by atoms with Crippen molar-refractivity contribution in [2.75, 3.05) is 58.9 Å². The molecule has 5 fully saturated rings. The second-order valence-electron chi connectivity index (χ2n) is 20.9. The number of pyridine rings is 1. The van der Waals surface area contributed by atoms with Gasteiger partial charge in [0.05, 0.1) is 22.7 Å². The third kappa shape index (κ3) is 8.45. The molecule has 2 N–H and O–H groups in total. The van der Waals surface area contributed by atoms with Crippen LogP contribution in [0.2, 0.25) is 0 Å². The zero-order chi connectivity index (χ0) is 47.6. The number of piperidine rings is 3. The zero-order valence-corrected chi connectivity index (χ0v) is 40.4. The van der Waals surface area contributed by atoms with E-state index in [-0.39, 0.29) is 36.0 Å². The number of H-pyrrole nitrogens is 1. The number of nitrogens with zero attached hydrogens (tertiary/aromatic N) is 9. The summed E-state index contributed by atoms with van der Waals surface area (Å²) >= 11 is 0. The number of nitrogens with one attached hydrogen (secondary N) is 2. The predicted molar refractivity (Wildman–Crippen MR) is 270 cm³/mol. The number of carbonyl (C=O) groups excluding carboxylic acids is 3. The van der Waals surface area contributed by atoms with E-state index in [2.05, 4.69) is 120 Å². The lowest BCUT2D eigenvalue weighted by Gasteiger charge is -2.39. The minimum absolute atomic E-state index is 0.150. The molecule has 12 rings (SSSR count). The first-order valence-corrected chi connectivity index (χ1v) is 25.7. The highest BCUT2D eigenvalue weighted by Gasteiger charge is 2.36. The molecule has 15 nitrogen and oxygen atoms in total. The van der Waals surface area contributed by atoms with E-state index in [1.165, 1.54) is 33.3 Å². The standard InChI is InChI=1S/C55H63N11O4/c1-35(49-31-45-44(15-20-56-52(45)60(49)2)41-8-11-46-42(30-41)32-57-59-46)63-23-18-39(19-24-63)38-4-6-40(7-5-38)54(69)64-21-16-36(17-22-64)33-61-25-27-62(28-26-61)34-37-3-12-47-50(29-37)65(43-9-10-43)55(70)66(47)48-13-14-51(67)58-53(48)68/h3-8,11-12,15,20,29-32,35-36,39,43,48H,9-10,13-14,16-19,21-28,33-34H2,1-2H3,(H,57,59)(H,58,67,68)/t35-,48?/m0/s1. The van der Waals surface area contributed by atoms with Gasteiger partial charge >= 0.3 is 5.69 Å². The van der Waals surface area contributed by atoms with Crippen molar-refractivity contribution in [3.05, 3.63) is 118 Å². The van der Waals surface area contributed by atoms with E-state index in [0.717, 1.165) is 137 Å². The van der Waals surface area contributed by atoms with Crippen LogP contribution in [0.15, 0.2) is 90.0 Å². The summed E-state index contributed by atoms with van der Waals surface area (Å²) in [5.41, 5.74) is 10.5. The van der Waals surface area contributed by atoms with Crippen molar-refractivity contribution in [1.29, 1.82) is 0 Å². The molecule has 4 saturated heterocycles. The minimum atomic E-state index is -0.665.